The summed E-state index contributed by atoms with van der Waals surface area (Å²) >= 11 is 0. The van der Waals surface area contributed by atoms with Gasteiger partial charge in [0.05, 0.1) is 18.6 Å². The van der Waals surface area contributed by atoms with Crippen molar-refractivity contribution in [3.05, 3.63) is 0 Å². The van der Waals surface area contributed by atoms with E-state index in [0.29, 0.717) is 38.8 Å². The molecule has 1 amide bonds. The highest BCUT2D eigenvalue weighted by molar-refractivity contribution is 5.83. The van der Waals surface area contributed by atoms with Gasteiger partial charge < -0.3 is 20.5 Å². The molecule has 0 radical (unpaired) electrons. The molecule has 5 heteroatoms. The lowest BCUT2D eigenvalue weighted by Gasteiger charge is -2.44. The Morgan fingerprint density at radius 2 is 2.11 bits per heavy atom. The molecule has 1 aliphatic carbocycles. The smallest absolute Gasteiger partial charge is 0.227 e. The van der Waals surface area contributed by atoms with Gasteiger partial charge in [0.1, 0.15) is 0 Å². The predicted molar refractivity (Wildman–Crippen MR) is 70.2 cm³/mol. The van der Waals surface area contributed by atoms with Gasteiger partial charge >= 0.3 is 0 Å². The minimum Gasteiger partial charge on any atom is -0.382 e. The first-order valence-electron chi connectivity index (χ1n) is 6.69. The SMILES string of the molecule is COCCOCCCNC(=O)C1(CN)CC(C)C1. The highest BCUT2D eigenvalue weighted by Gasteiger charge is 2.46. The molecule has 1 rings (SSSR count). The normalized spacial score (nSPS) is 26.7. The molecule has 0 heterocycles. The first-order chi connectivity index (χ1) is 8.64. The largest absolute Gasteiger partial charge is 0.382 e. The second-order valence-electron chi connectivity index (χ2n) is 5.21. The summed E-state index contributed by atoms with van der Waals surface area (Å²) < 4.78 is 10.2. The van der Waals surface area contributed by atoms with Crippen LogP contribution in [0.1, 0.15) is 26.2 Å². The minimum atomic E-state index is -0.295. The molecule has 1 saturated carbocycles. The third kappa shape index (κ3) is 4.23. The lowest BCUT2D eigenvalue weighted by molar-refractivity contribution is -0.138. The van der Waals surface area contributed by atoms with Crippen LogP contribution in [0.15, 0.2) is 0 Å². The first kappa shape index (κ1) is 15.4. The molecule has 0 saturated heterocycles. The molecule has 0 spiro atoms. The van der Waals surface area contributed by atoms with Gasteiger partial charge in [-0.2, -0.15) is 0 Å². The molecule has 0 aromatic rings. The maximum absolute atomic E-state index is 12.0. The molecule has 0 bridgehead atoms. The van der Waals surface area contributed by atoms with Gasteiger partial charge in [-0.3, -0.25) is 4.79 Å². The lowest BCUT2D eigenvalue weighted by atomic mass is 9.62. The van der Waals surface area contributed by atoms with Crippen LogP contribution in [0.3, 0.4) is 0 Å². The Morgan fingerprint density at radius 1 is 1.39 bits per heavy atom. The van der Waals surface area contributed by atoms with Crippen LogP contribution in [0.25, 0.3) is 0 Å². The number of hydrogen-bond acceptors (Lipinski definition) is 4. The van der Waals surface area contributed by atoms with Gasteiger partial charge in [-0.15, -0.1) is 0 Å². The van der Waals surface area contributed by atoms with Crippen molar-refractivity contribution in [2.45, 2.75) is 26.2 Å². The van der Waals surface area contributed by atoms with E-state index in [0.717, 1.165) is 19.3 Å². The predicted octanol–water partition coefficient (Wildman–Crippen LogP) is 0.531. The molecule has 0 aliphatic heterocycles. The Labute approximate surface area is 109 Å². The Kier molecular flexibility index (Phi) is 6.60. The Balaban J connectivity index is 2.06. The van der Waals surface area contributed by atoms with E-state index in [1.54, 1.807) is 7.11 Å². The van der Waals surface area contributed by atoms with Crippen LogP contribution in [0.5, 0.6) is 0 Å². The molecule has 1 fully saturated rings. The third-order valence-corrected chi connectivity index (χ3v) is 3.53. The van der Waals surface area contributed by atoms with Crippen molar-refractivity contribution in [1.82, 2.24) is 5.32 Å². The van der Waals surface area contributed by atoms with Crippen LogP contribution < -0.4 is 11.1 Å². The number of amides is 1. The molecule has 0 aromatic heterocycles. The van der Waals surface area contributed by atoms with E-state index in [-0.39, 0.29) is 11.3 Å². The topological polar surface area (TPSA) is 73.6 Å². The molecular formula is C13H26N2O3. The quantitative estimate of drug-likeness (QED) is 0.592. The van der Waals surface area contributed by atoms with E-state index in [2.05, 4.69) is 12.2 Å². The van der Waals surface area contributed by atoms with Crippen molar-refractivity contribution in [3.63, 3.8) is 0 Å². The zero-order valence-electron chi connectivity index (χ0n) is 11.5. The van der Waals surface area contributed by atoms with Crippen molar-refractivity contribution < 1.29 is 14.3 Å². The number of methoxy groups -OCH3 is 1. The van der Waals surface area contributed by atoms with Gasteiger partial charge in [0.2, 0.25) is 5.91 Å². The van der Waals surface area contributed by atoms with Gasteiger partial charge in [0.15, 0.2) is 0 Å². The maximum atomic E-state index is 12.0. The zero-order chi connectivity index (χ0) is 13.4. The van der Waals surface area contributed by atoms with Crippen molar-refractivity contribution in [2.24, 2.45) is 17.1 Å². The summed E-state index contributed by atoms with van der Waals surface area (Å²) in [6.07, 6.45) is 2.66. The van der Waals surface area contributed by atoms with E-state index in [4.69, 9.17) is 15.2 Å². The molecule has 5 nitrogen and oxygen atoms in total. The lowest BCUT2D eigenvalue weighted by Crippen LogP contribution is -2.53. The van der Waals surface area contributed by atoms with Crippen molar-refractivity contribution in [2.75, 3.05) is 40.0 Å². The summed E-state index contributed by atoms with van der Waals surface area (Å²) in [7, 11) is 1.65. The van der Waals surface area contributed by atoms with Gasteiger partial charge in [-0.05, 0) is 25.2 Å². The number of nitrogens with one attached hydrogen (secondary N) is 1. The molecule has 18 heavy (non-hydrogen) atoms. The van der Waals surface area contributed by atoms with Crippen LogP contribution in [0.2, 0.25) is 0 Å². The second kappa shape index (κ2) is 7.71. The number of rotatable bonds is 9. The van der Waals surface area contributed by atoms with Gasteiger partial charge in [-0.25, -0.2) is 0 Å². The molecule has 106 valence electrons. The number of nitrogens with two attached hydrogens (primary N) is 1. The standard InChI is InChI=1S/C13H26N2O3/c1-11-8-13(9-11,10-14)12(16)15-4-3-5-18-7-6-17-2/h11H,3-10,14H2,1-2H3,(H,15,16). The highest BCUT2D eigenvalue weighted by Crippen LogP contribution is 2.44. The molecule has 0 unspecified atom stereocenters. The van der Waals surface area contributed by atoms with E-state index < -0.39 is 0 Å². The molecular weight excluding hydrogens is 232 g/mol. The summed E-state index contributed by atoms with van der Waals surface area (Å²) in [5, 5.41) is 2.96. The maximum Gasteiger partial charge on any atom is 0.227 e. The van der Waals surface area contributed by atoms with E-state index in [9.17, 15) is 4.79 Å². The summed E-state index contributed by atoms with van der Waals surface area (Å²) in [4.78, 5) is 12.0. The number of hydrogen-bond donors (Lipinski definition) is 2. The van der Waals surface area contributed by atoms with E-state index in [1.807, 2.05) is 0 Å². The van der Waals surface area contributed by atoms with Gasteiger partial charge in [-0.1, -0.05) is 6.92 Å². The molecule has 0 aromatic carbocycles. The fourth-order valence-electron chi connectivity index (χ4n) is 2.53. The average Bonchev–Trinajstić information content (AvgIpc) is 2.33. The van der Waals surface area contributed by atoms with Crippen LogP contribution in [0, 0.1) is 11.3 Å². The molecule has 0 atom stereocenters. The monoisotopic (exact) mass is 258 g/mol. The first-order valence-corrected chi connectivity index (χ1v) is 6.69. The Bertz CT molecular complexity index is 253. The zero-order valence-corrected chi connectivity index (χ0v) is 11.5. The number of carbonyl (C=O) groups is 1. The molecule has 1 aliphatic rings. The van der Waals surface area contributed by atoms with Crippen molar-refractivity contribution in [1.29, 1.82) is 0 Å². The van der Waals surface area contributed by atoms with E-state index in [1.165, 1.54) is 0 Å². The average molecular weight is 258 g/mol. The van der Waals surface area contributed by atoms with Crippen LogP contribution in [0.4, 0.5) is 0 Å². The van der Waals surface area contributed by atoms with E-state index >= 15 is 0 Å². The van der Waals surface area contributed by atoms with Crippen LogP contribution in [-0.2, 0) is 14.3 Å². The van der Waals surface area contributed by atoms with Crippen LogP contribution >= 0.6 is 0 Å². The summed E-state index contributed by atoms with van der Waals surface area (Å²) in [6, 6.07) is 0. The van der Waals surface area contributed by atoms with Crippen LogP contribution in [-0.4, -0.2) is 45.9 Å². The van der Waals surface area contributed by atoms with Gasteiger partial charge in [0, 0.05) is 26.8 Å². The summed E-state index contributed by atoms with van der Waals surface area (Å²) in [5.74, 6) is 0.733. The minimum absolute atomic E-state index is 0.111. The fourth-order valence-corrected chi connectivity index (χ4v) is 2.53. The number of carbonyl (C=O) groups excluding carboxylic acids is 1. The summed E-state index contributed by atoms with van der Waals surface area (Å²) in [6.45, 7) is 5.13. The van der Waals surface area contributed by atoms with Crippen molar-refractivity contribution in [3.8, 4) is 0 Å². The fraction of sp³-hybridized carbons (Fsp3) is 0.923. The van der Waals surface area contributed by atoms with Crippen molar-refractivity contribution >= 4 is 5.91 Å². The number of ether oxygens (including phenoxy) is 2. The third-order valence-electron chi connectivity index (χ3n) is 3.53. The highest BCUT2D eigenvalue weighted by atomic mass is 16.5. The Hall–Kier alpha value is -0.650. The summed E-state index contributed by atoms with van der Waals surface area (Å²) in [5.41, 5.74) is 5.42. The molecule has 3 N–H and O–H groups in total. The van der Waals surface area contributed by atoms with Gasteiger partial charge in [0.25, 0.3) is 0 Å². The Morgan fingerprint density at radius 3 is 2.67 bits per heavy atom. The second-order valence-corrected chi connectivity index (χ2v) is 5.21.